The Hall–Kier alpha value is -1.66. The van der Waals surface area contributed by atoms with Crippen molar-refractivity contribution in [3.63, 3.8) is 0 Å². The predicted octanol–water partition coefficient (Wildman–Crippen LogP) is 5.89. The van der Waals surface area contributed by atoms with E-state index in [9.17, 15) is 9.59 Å². The lowest BCUT2D eigenvalue weighted by atomic mass is 10.2. The third-order valence-corrected chi connectivity index (χ3v) is 5.61. The first-order valence-electron chi connectivity index (χ1n) is 7.42. The van der Waals surface area contributed by atoms with Gasteiger partial charge in [0.25, 0.3) is 11.1 Å². The zero-order chi connectivity index (χ0) is 18.8. The van der Waals surface area contributed by atoms with Crippen molar-refractivity contribution in [3.8, 4) is 5.75 Å². The number of benzene rings is 2. The molecule has 1 aliphatic heterocycles. The van der Waals surface area contributed by atoms with Gasteiger partial charge in [0.15, 0.2) is 0 Å². The van der Waals surface area contributed by atoms with Crippen LogP contribution >= 0.6 is 46.6 Å². The highest BCUT2D eigenvalue weighted by Gasteiger charge is 2.35. The number of methoxy groups -OCH3 is 1. The van der Waals surface area contributed by atoms with Gasteiger partial charge in [0.05, 0.1) is 33.6 Å². The van der Waals surface area contributed by atoms with E-state index in [1.807, 2.05) is 0 Å². The van der Waals surface area contributed by atoms with Gasteiger partial charge >= 0.3 is 0 Å². The van der Waals surface area contributed by atoms with Crippen molar-refractivity contribution in [3.05, 3.63) is 67.5 Å². The Balaban J connectivity index is 1.82. The van der Waals surface area contributed by atoms with Crippen LogP contribution in [0.1, 0.15) is 11.1 Å². The van der Waals surface area contributed by atoms with Crippen molar-refractivity contribution in [2.75, 3.05) is 7.11 Å². The molecule has 0 atom stereocenters. The van der Waals surface area contributed by atoms with Gasteiger partial charge in [-0.25, -0.2) is 0 Å². The molecular weight excluding hydrogens is 417 g/mol. The lowest BCUT2D eigenvalue weighted by Crippen LogP contribution is -2.27. The molecule has 0 bridgehead atoms. The largest absolute Gasteiger partial charge is 0.495 e. The van der Waals surface area contributed by atoms with E-state index in [0.29, 0.717) is 31.3 Å². The summed E-state index contributed by atoms with van der Waals surface area (Å²) in [6.45, 7) is 0.127. The molecule has 8 heteroatoms. The van der Waals surface area contributed by atoms with Crippen LogP contribution in [0.5, 0.6) is 5.75 Å². The van der Waals surface area contributed by atoms with Crippen LogP contribution in [0.15, 0.2) is 41.3 Å². The molecule has 0 aromatic heterocycles. The summed E-state index contributed by atoms with van der Waals surface area (Å²) >= 11 is 18.9. The first-order chi connectivity index (χ1) is 12.4. The Morgan fingerprint density at radius 2 is 1.81 bits per heavy atom. The van der Waals surface area contributed by atoms with Crippen molar-refractivity contribution >= 4 is 63.8 Å². The Bertz CT molecular complexity index is 930. The molecule has 0 saturated carbocycles. The summed E-state index contributed by atoms with van der Waals surface area (Å²) in [5.74, 6) is 0.176. The zero-order valence-electron chi connectivity index (χ0n) is 13.5. The van der Waals surface area contributed by atoms with E-state index >= 15 is 0 Å². The second kappa shape index (κ2) is 7.92. The second-order valence-corrected chi connectivity index (χ2v) is 7.63. The fourth-order valence-electron chi connectivity index (χ4n) is 2.38. The molecule has 1 saturated heterocycles. The van der Waals surface area contributed by atoms with Crippen LogP contribution in [0.2, 0.25) is 15.1 Å². The maximum Gasteiger partial charge on any atom is 0.293 e. The van der Waals surface area contributed by atoms with Gasteiger partial charge in [0, 0.05) is 0 Å². The molecule has 0 spiro atoms. The van der Waals surface area contributed by atoms with Gasteiger partial charge < -0.3 is 4.74 Å². The van der Waals surface area contributed by atoms with E-state index < -0.39 is 0 Å². The van der Waals surface area contributed by atoms with E-state index in [1.165, 1.54) is 12.0 Å². The van der Waals surface area contributed by atoms with Crippen LogP contribution < -0.4 is 4.74 Å². The average Bonchev–Trinajstić information content (AvgIpc) is 2.86. The van der Waals surface area contributed by atoms with Gasteiger partial charge in [-0.3, -0.25) is 14.5 Å². The third kappa shape index (κ3) is 4.01. The van der Waals surface area contributed by atoms with Crippen molar-refractivity contribution < 1.29 is 14.3 Å². The summed E-state index contributed by atoms with van der Waals surface area (Å²) in [7, 11) is 1.52. The van der Waals surface area contributed by atoms with Gasteiger partial charge in [-0.05, 0) is 53.2 Å². The summed E-state index contributed by atoms with van der Waals surface area (Å²) in [5.41, 5.74) is 1.42. The van der Waals surface area contributed by atoms with Gasteiger partial charge in [0.1, 0.15) is 5.75 Å². The van der Waals surface area contributed by atoms with Gasteiger partial charge in [-0.15, -0.1) is 0 Å². The van der Waals surface area contributed by atoms with Crippen LogP contribution in [0, 0.1) is 0 Å². The highest BCUT2D eigenvalue weighted by molar-refractivity contribution is 8.18. The van der Waals surface area contributed by atoms with E-state index in [4.69, 9.17) is 39.5 Å². The number of hydrogen-bond acceptors (Lipinski definition) is 4. The van der Waals surface area contributed by atoms with Crippen molar-refractivity contribution in [2.45, 2.75) is 6.54 Å². The fraction of sp³-hybridized carbons (Fsp3) is 0.111. The number of amides is 2. The molecule has 4 nitrogen and oxygen atoms in total. The fourth-order valence-corrected chi connectivity index (χ4v) is 3.81. The Labute approximate surface area is 169 Å². The Morgan fingerprint density at radius 3 is 2.46 bits per heavy atom. The molecule has 2 aromatic carbocycles. The minimum Gasteiger partial charge on any atom is -0.495 e. The Morgan fingerprint density at radius 1 is 1.04 bits per heavy atom. The number of rotatable bonds is 4. The molecule has 2 aromatic rings. The minimum atomic E-state index is -0.363. The average molecular weight is 429 g/mol. The summed E-state index contributed by atoms with van der Waals surface area (Å²) in [6.07, 6.45) is 1.63. The number of hydrogen-bond donors (Lipinski definition) is 0. The minimum absolute atomic E-state index is 0.127. The topological polar surface area (TPSA) is 46.6 Å². The SMILES string of the molecule is COc1ccc(/C=C2\SC(=O)N(Cc3ccc(Cl)c(Cl)c3)C2=O)cc1Cl. The standard InChI is InChI=1S/C18H12Cl3NO3S/c1-25-15-5-3-10(6-14(15)21)8-16-17(23)22(18(24)26-16)9-11-2-4-12(19)13(20)7-11/h2-8H,9H2,1H3/b16-8-. The molecular formula is C18H12Cl3NO3S. The highest BCUT2D eigenvalue weighted by atomic mass is 35.5. The number of ether oxygens (including phenoxy) is 1. The van der Waals surface area contributed by atoms with Crippen LogP contribution in [0.4, 0.5) is 4.79 Å². The molecule has 0 unspecified atom stereocenters. The molecule has 3 rings (SSSR count). The van der Waals surface area contributed by atoms with E-state index in [2.05, 4.69) is 0 Å². The first kappa shape index (κ1) is 19.1. The number of carbonyl (C=O) groups excluding carboxylic acids is 2. The second-order valence-electron chi connectivity index (χ2n) is 5.41. The maximum absolute atomic E-state index is 12.6. The van der Waals surface area contributed by atoms with Gasteiger partial charge in [-0.1, -0.05) is 46.9 Å². The van der Waals surface area contributed by atoms with Gasteiger partial charge in [0.2, 0.25) is 0 Å². The zero-order valence-corrected chi connectivity index (χ0v) is 16.5. The van der Waals surface area contributed by atoms with E-state index in [0.717, 1.165) is 17.3 Å². The van der Waals surface area contributed by atoms with Crippen molar-refractivity contribution in [1.29, 1.82) is 0 Å². The predicted molar refractivity (Wildman–Crippen MR) is 106 cm³/mol. The first-order valence-corrected chi connectivity index (χ1v) is 9.37. The molecule has 1 heterocycles. The maximum atomic E-state index is 12.6. The smallest absolute Gasteiger partial charge is 0.293 e. The number of nitrogens with zero attached hydrogens (tertiary/aromatic N) is 1. The van der Waals surface area contributed by atoms with Crippen LogP contribution in [-0.2, 0) is 11.3 Å². The normalized spacial score (nSPS) is 15.8. The summed E-state index contributed by atoms with van der Waals surface area (Å²) in [4.78, 5) is 26.3. The molecule has 134 valence electrons. The summed E-state index contributed by atoms with van der Waals surface area (Å²) < 4.78 is 5.10. The molecule has 0 aliphatic carbocycles. The number of halogens is 3. The molecule has 1 aliphatic rings. The lowest BCUT2D eigenvalue weighted by molar-refractivity contribution is -0.123. The number of imide groups is 1. The van der Waals surface area contributed by atoms with Crippen molar-refractivity contribution in [1.82, 2.24) is 4.90 Å². The lowest BCUT2D eigenvalue weighted by Gasteiger charge is -2.13. The monoisotopic (exact) mass is 427 g/mol. The number of thioether (sulfide) groups is 1. The molecule has 2 amide bonds. The van der Waals surface area contributed by atoms with E-state index in [-0.39, 0.29) is 17.7 Å². The molecule has 0 radical (unpaired) electrons. The summed E-state index contributed by atoms with van der Waals surface area (Å²) in [5, 5.41) is 0.878. The third-order valence-electron chi connectivity index (χ3n) is 3.67. The van der Waals surface area contributed by atoms with Crippen LogP contribution in [0.25, 0.3) is 6.08 Å². The Kier molecular flexibility index (Phi) is 5.82. The van der Waals surface area contributed by atoms with Crippen LogP contribution in [0.3, 0.4) is 0 Å². The van der Waals surface area contributed by atoms with E-state index in [1.54, 1.807) is 42.5 Å². The van der Waals surface area contributed by atoms with Crippen LogP contribution in [-0.4, -0.2) is 23.2 Å². The molecule has 1 fully saturated rings. The summed E-state index contributed by atoms with van der Waals surface area (Å²) in [6, 6.07) is 10.1. The quantitative estimate of drug-likeness (QED) is 0.569. The van der Waals surface area contributed by atoms with Crippen molar-refractivity contribution in [2.24, 2.45) is 0 Å². The number of carbonyl (C=O) groups is 2. The van der Waals surface area contributed by atoms with Gasteiger partial charge in [-0.2, -0.15) is 0 Å². The highest BCUT2D eigenvalue weighted by Crippen LogP contribution is 2.35. The molecule has 26 heavy (non-hydrogen) atoms. The molecule has 0 N–H and O–H groups in total.